The maximum Gasteiger partial charge on any atom is 0.246 e. The van der Waals surface area contributed by atoms with Crippen molar-refractivity contribution in [2.24, 2.45) is 0 Å². The Labute approximate surface area is 97.7 Å². The minimum absolute atomic E-state index is 0.00967. The molecule has 0 saturated carbocycles. The molecule has 4 nitrogen and oxygen atoms in total. The normalized spacial score (nSPS) is 20.8. The molecule has 16 heavy (non-hydrogen) atoms. The van der Waals surface area contributed by atoms with E-state index in [4.69, 9.17) is 9.47 Å². The highest BCUT2D eigenvalue weighted by molar-refractivity contribution is 5.78. The van der Waals surface area contributed by atoms with Crippen LogP contribution in [0.1, 0.15) is 39.0 Å². The molecular weight excluding hydrogens is 206 g/mol. The summed E-state index contributed by atoms with van der Waals surface area (Å²) in [4.78, 5) is 11.0. The van der Waals surface area contributed by atoms with Gasteiger partial charge in [0.25, 0.3) is 0 Å². The smallest absolute Gasteiger partial charge is 0.246 e. The molecule has 1 atom stereocenters. The van der Waals surface area contributed by atoms with Gasteiger partial charge in [-0.2, -0.15) is 0 Å². The Morgan fingerprint density at radius 3 is 2.94 bits per heavy atom. The topological polar surface area (TPSA) is 47.6 Å². The summed E-state index contributed by atoms with van der Waals surface area (Å²) in [5.74, 6) is 0.00967. The third-order valence-corrected chi connectivity index (χ3v) is 2.65. The second kappa shape index (κ2) is 8.53. The molecule has 1 aliphatic rings. The van der Waals surface area contributed by atoms with Crippen molar-refractivity contribution in [3.63, 3.8) is 0 Å². The first-order valence-corrected chi connectivity index (χ1v) is 6.27. The number of ether oxygens (including phenoxy) is 2. The van der Waals surface area contributed by atoms with E-state index in [1.165, 1.54) is 6.42 Å². The van der Waals surface area contributed by atoms with Crippen LogP contribution >= 0.6 is 0 Å². The zero-order valence-electron chi connectivity index (χ0n) is 10.2. The van der Waals surface area contributed by atoms with Crippen LogP contribution in [0, 0.1) is 0 Å². The van der Waals surface area contributed by atoms with Gasteiger partial charge in [-0.3, -0.25) is 4.79 Å². The third kappa shape index (κ3) is 6.08. The van der Waals surface area contributed by atoms with Crippen molar-refractivity contribution in [3.05, 3.63) is 0 Å². The van der Waals surface area contributed by atoms with Crippen LogP contribution in [-0.4, -0.2) is 38.4 Å². The maximum atomic E-state index is 11.0. The molecule has 0 aromatic carbocycles. The van der Waals surface area contributed by atoms with E-state index in [0.29, 0.717) is 6.61 Å². The Bertz CT molecular complexity index is 197. The maximum absolute atomic E-state index is 11.0. The molecule has 1 N–H and O–H groups in total. The zero-order chi connectivity index (χ0) is 11.6. The number of nitrogens with one attached hydrogen (secondary N) is 1. The molecule has 1 fully saturated rings. The van der Waals surface area contributed by atoms with Gasteiger partial charge < -0.3 is 14.8 Å². The average Bonchev–Trinajstić information content (AvgIpc) is 2.28. The molecule has 1 rings (SSSR count). The number of rotatable bonds is 8. The van der Waals surface area contributed by atoms with Gasteiger partial charge in [-0.15, -0.1) is 0 Å². The molecule has 94 valence electrons. The summed E-state index contributed by atoms with van der Waals surface area (Å²) in [6, 6.07) is 0.205. The summed E-state index contributed by atoms with van der Waals surface area (Å²) in [5.41, 5.74) is 0. The van der Waals surface area contributed by atoms with Gasteiger partial charge >= 0.3 is 0 Å². The number of unbranched alkanes of at least 4 members (excludes halogenated alkanes) is 2. The largest absolute Gasteiger partial charge is 0.381 e. The molecule has 4 heteroatoms. The van der Waals surface area contributed by atoms with Crippen LogP contribution < -0.4 is 5.32 Å². The van der Waals surface area contributed by atoms with Crippen molar-refractivity contribution in [2.75, 3.05) is 26.4 Å². The minimum Gasteiger partial charge on any atom is -0.381 e. The molecular formula is C12H23NO3. The number of carbonyl (C=O) groups is 1. The highest BCUT2D eigenvalue weighted by atomic mass is 16.5. The van der Waals surface area contributed by atoms with Crippen LogP contribution in [0.5, 0.6) is 0 Å². The lowest BCUT2D eigenvalue weighted by atomic mass is 10.1. The molecule has 1 amide bonds. The lowest BCUT2D eigenvalue weighted by Crippen LogP contribution is -2.45. The first-order chi connectivity index (χ1) is 7.83. The Kier molecular flexibility index (Phi) is 7.17. The van der Waals surface area contributed by atoms with Crippen LogP contribution in [0.15, 0.2) is 0 Å². The molecule has 0 unspecified atom stereocenters. The highest BCUT2D eigenvalue weighted by Gasteiger charge is 2.17. The van der Waals surface area contributed by atoms with Crippen molar-refractivity contribution in [1.29, 1.82) is 0 Å². The molecule has 1 aliphatic heterocycles. The summed E-state index contributed by atoms with van der Waals surface area (Å²) < 4.78 is 10.6. The van der Waals surface area contributed by atoms with Crippen molar-refractivity contribution < 1.29 is 14.3 Å². The van der Waals surface area contributed by atoms with E-state index in [-0.39, 0.29) is 18.6 Å². The van der Waals surface area contributed by atoms with Gasteiger partial charge in [-0.25, -0.2) is 0 Å². The molecule has 0 aliphatic carbocycles. The number of morpholine rings is 1. The van der Waals surface area contributed by atoms with Crippen molar-refractivity contribution in [1.82, 2.24) is 5.32 Å². The van der Waals surface area contributed by atoms with E-state index in [9.17, 15) is 4.79 Å². The van der Waals surface area contributed by atoms with E-state index < -0.39 is 0 Å². The van der Waals surface area contributed by atoms with Gasteiger partial charge in [0.1, 0.15) is 6.61 Å². The van der Waals surface area contributed by atoms with Crippen molar-refractivity contribution in [3.8, 4) is 0 Å². The van der Waals surface area contributed by atoms with E-state index in [1.54, 1.807) is 0 Å². The van der Waals surface area contributed by atoms with Crippen LogP contribution in [0.3, 0.4) is 0 Å². The fourth-order valence-corrected chi connectivity index (χ4v) is 1.70. The fourth-order valence-electron chi connectivity index (χ4n) is 1.70. The van der Waals surface area contributed by atoms with Gasteiger partial charge in [0, 0.05) is 13.2 Å². The molecule has 0 spiro atoms. The molecule has 0 radical (unpaired) electrons. The molecule has 0 aromatic heterocycles. The second-order valence-electron chi connectivity index (χ2n) is 4.24. The first kappa shape index (κ1) is 13.5. The summed E-state index contributed by atoms with van der Waals surface area (Å²) in [5, 5.41) is 2.92. The van der Waals surface area contributed by atoms with Crippen LogP contribution in [0.25, 0.3) is 0 Å². The Balaban J connectivity index is 1.88. The lowest BCUT2D eigenvalue weighted by molar-refractivity contribution is -0.131. The highest BCUT2D eigenvalue weighted by Crippen LogP contribution is 2.05. The van der Waals surface area contributed by atoms with Crippen LogP contribution in [0.4, 0.5) is 0 Å². The number of amides is 1. The number of carbonyl (C=O) groups excluding carboxylic acids is 1. The van der Waals surface area contributed by atoms with Gasteiger partial charge in [-0.05, 0) is 25.7 Å². The van der Waals surface area contributed by atoms with Crippen molar-refractivity contribution >= 4 is 5.91 Å². The second-order valence-corrected chi connectivity index (χ2v) is 4.24. The molecule has 0 bridgehead atoms. The number of hydrogen-bond donors (Lipinski definition) is 1. The summed E-state index contributed by atoms with van der Waals surface area (Å²) >= 11 is 0. The summed E-state index contributed by atoms with van der Waals surface area (Å²) in [6.07, 6.45) is 5.47. The Morgan fingerprint density at radius 2 is 2.19 bits per heavy atom. The van der Waals surface area contributed by atoms with E-state index >= 15 is 0 Å². The quantitative estimate of drug-likeness (QED) is 0.641. The molecule has 1 saturated heterocycles. The van der Waals surface area contributed by atoms with Gasteiger partial charge in [0.2, 0.25) is 5.91 Å². The summed E-state index contributed by atoms with van der Waals surface area (Å²) in [7, 11) is 0. The minimum atomic E-state index is 0.00967. The molecule has 0 aromatic rings. The third-order valence-electron chi connectivity index (χ3n) is 2.65. The Hall–Kier alpha value is -0.610. The summed E-state index contributed by atoms with van der Waals surface area (Å²) in [6.45, 7) is 4.75. The first-order valence-electron chi connectivity index (χ1n) is 6.27. The van der Waals surface area contributed by atoms with Gasteiger partial charge in [-0.1, -0.05) is 13.3 Å². The van der Waals surface area contributed by atoms with E-state index in [1.807, 2.05) is 0 Å². The Morgan fingerprint density at radius 1 is 1.38 bits per heavy atom. The van der Waals surface area contributed by atoms with Gasteiger partial charge in [0.15, 0.2) is 0 Å². The predicted octanol–water partition coefficient (Wildman–Crippen LogP) is 1.49. The molecule has 1 heterocycles. The lowest BCUT2D eigenvalue weighted by Gasteiger charge is -2.23. The van der Waals surface area contributed by atoms with Crippen LogP contribution in [-0.2, 0) is 14.3 Å². The fraction of sp³-hybridized carbons (Fsp3) is 0.917. The van der Waals surface area contributed by atoms with E-state index in [2.05, 4.69) is 12.2 Å². The monoisotopic (exact) mass is 229 g/mol. The SMILES string of the molecule is CCCCOCCCC[C@@H]1COCC(=O)N1. The van der Waals surface area contributed by atoms with Crippen molar-refractivity contribution in [2.45, 2.75) is 45.1 Å². The zero-order valence-corrected chi connectivity index (χ0v) is 10.2. The van der Waals surface area contributed by atoms with Crippen LogP contribution in [0.2, 0.25) is 0 Å². The van der Waals surface area contributed by atoms with Gasteiger partial charge in [0.05, 0.1) is 12.6 Å². The standard InChI is InChI=1S/C12H23NO3/c1-2-3-7-15-8-5-4-6-11-9-16-10-12(14)13-11/h11H,2-10H2,1H3,(H,13,14)/t11-/m1/s1. The number of hydrogen-bond acceptors (Lipinski definition) is 3. The predicted molar refractivity (Wildman–Crippen MR) is 62.3 cm³/mol. The average molecular weight is 229 g/mol. The van der Waals surface area contributed by atoms with E-state index in [0.717, 1.165) is 38.9 Å².